The Kier molecular flexibility index (Phi) is 4.13. The number of aliphatic carboxylic acids is 1. The van der Waals surface area contributed by atoms with Gasteiger partial charge in [-0.2, -0.15) is 0 Å². The minimum atomic E-state index is -0.869. The zero-order chi connectivity index (χ0) is 13.9. The van der Waals surface area contributed by atoms with E-state index in [9.17, 15) is 9.90 Å². The summed E-state index contributed by atoms with van der Waals surface area (Å²) in [4.78, 5) is 11.8. The molecule has 0 amide bonds. The van der Waals surface area contributed by atoms with Gasteiger partial charge in [0.15, 0.2) is 0 Å². The van der Waals surface area contributed by atoms with E-state index in [4.69, 9.17) is 0 Å². The molecule has 2 N–H and O–H groups in total. The van der Waals surface area contributed by atoms with E-state index in [0.29, 0.717) is 0 Å². The molecule has 1 atom stereocenters. The topological polar surface area (TPSA) is 49.3 Å². The van der Waals surface area contributed by atoms with Crippen LogP contribution >= 0.6 is 0 Å². The molecule has 0 saturated heterocycles. The SMILES string of the molecule is Cc1ccccc1NC(C)(C(=O)O)C1CCCCC1. The quantitative estimate of drug-likeness (QED) is 0.866. The summed E-state index contributed by atoms with van der Waals surface area (Å²) >= 11 is 0. The van der Waals surface area contributed by atoms with Crippen molar-refractivity contribution in [3.05, 3.63) is 29.8 Å². The zero-order valence-corrected chi connectivity index (χ0v) is 11.8. The number of nitrogens with one attached hydrogen (secondary N) is 1. The van der Waals surface area contributed by atoms with Crippen molar-refractivity contribution in [3.63, 3.8) is 0 Å². The number of rotatable bonds is 4. The van der Waals surface area contributed by atoms with Crippen LogP contribution in [-0.2, 0) is 4.79 Å². The number of carbonyl (C=O) groups is 1. The predicted octanol–water partition coefficient (Wildman–Crippen LogP) is 3.83. The molecule has 1 aromatic rings. The molecule has 1 saturated carbocycles. The molecule has 0 heterocycles. The van der Waals surface area contributed by atoms with Gasteiger partial charge in [0.05, 0.1) is 0 Å². The van der Waals surface area contributed by atoms with Gasteiger partial charge in [0.25, 0.3) is 0 Å². The highest BCUT2D eigenvalue weighted by atomic mass is 16.4. The number of carboxylic acids is 1. The maximum atomic E-state index is 11.8. The Morgan fingerprint density at radius 1 is 1.26 bits per heavy atom. The summed E-state index contributed by atoms with van der Waals surface area (Å²) in [7, 11) is 0. The van der Waals surface area contributed by atoms with Crippen molar-refractivity contribution >= 4 is 11.7 Å². The summed E-state index contributed by atoms with van der Waals surface area (Å²) in [5.41, 5.74) is 1.15. The fourth-order valence-electron chi connectivity index (χ4n) is 3.00. The maximum Gasteiger partial charge on any atom is 0.329 e. The summed E-state index contributed by atoms with van der Waals surface area (Å²) in [5, 5.41) is 13.0. The van der Waals surface area contributed by atoms with Crippen LogP contribution in [0.4, 0.5) is 5.69 Å². The number of anilines is 1. The lowest BCUT2D eigenvalue weighted by atomic mass is 9.75. The summed E-state index contributed by atoms with van der Waals surface area (Å²) in [5.74, 6) is -0.541. The summed E-state index contributed by atoms with van der Waals surface area (Å²) < 4.78 is 0. The smallest absolute Gasteiger partial charge is 0.329 e. The molecular formula is C16H23NO2. The van der Waals surface area contributed by atoms with Gasteiger partial charge in [-0.15, -0.1) is 0 Å². The fraction of sp³-hybridized carbons (Fsp3) is 0.562. The molecule has 0 radical (unpaired) electrons. The first-order valence-electron chi connectivity index (χ1n) is 7.11. The molecule has 0 aliphatic heterocycles. The normalized spacial score (nSPS) is 19.7. The van der Waals surface area contributed by atoms with Crippen LogP contribution in [0.3, 0.4) is 0 Å². The lowest BCUT2D eigenvalue weighted by Crippen LogP contribution is -2.50. The molecule has 0 spiro atoms. The number of carboxylic acid groups (broad SMARTS) is 1. The van der Waals surface area contributed by atoms with E-state index in [1.54, 1.807) is 0 Å². The molecule has 1 unspecified atom stereocenters. The van der Waals surface area contributed by atoms with E-state index < -0.39 is 11.5 Å². The molecule has 104 valence electrons. The van der Waals surface area contributed by atoms with E-state index in [2.05, 4.69) is 5.32 Å². The third-order valence-corrected chi connectivity index (χ3v) is 4.41. The van der Waals surface area contributed by atoms with E-state index >= 15 is 0 Å². The third kappa shape index (κ3) is 2.91. The standard InChI is InChI=1S/C16H23NO2/c1-12-8-6-7-11-14(12)17-16(2,15(18)19)13-9-4-3-5-10-13/h6-8,11,13,17H,3-5,9-10H2,1-2H3,(H,18,19). The highest BCUT2D eigenvalue weighted by Gasteiger charge is 2.41. The van der Waals surface area contributed by atoms with E-state index in [1.807, 2.05) is 38.1 Å². The Morgan fingerprint density at radius 3 is 2.47 bits per heavy atom. The predicted molar refractivity (Wildman–Crippen MR) is 77.4 cm³/mol. The highest BCUT2D eigenvalue weighted by molar-refractivity contribution is 5.83. The molecule has 0 aromatic heterocycles. The molecule has 3 nitrogen and oxygen atoms in total. The minimum absolute atomic E-state index is 0.207. The van der Waals surface area contributed by atoms with Crippen LogP contribution in [-0.4, -0.2) is 16.6 Å². The summed E-state index contributed by atoms with van der Waals surface area (Å²) in [6, 6.07) is 7.88. The Morgan fingerprint density at radius 2 is 1.89 bits per heavy atom. The number of aryl methyl sites for hydroxylation is 1. The summed E-state index contributed by atoms with van der Waals surface area (Å²) in [6.07, 6.45) is 5.52. The van der Waals surface area contributed by atoms with Gasteiger partial charge in [-0.25, -0.2) is 4.79 Å². The van der Waals surface area contributed by atoms with Crippen molar-refractivity contribution in [2.24, 2.45) is 5.92 Å². The van der Waals surface area contributed by atoms with Crippen LogP contribution in [0.5, 0.6) is 0 Å². The summed E-state index contributed by atoms with van der Waals surface area (Å²) in [6.45, 7) is 3.84. The van der Waals surface area contributed by atoms with E-state index in [1.165, 1.54) is 6.42 Å². The molecular weight excluding hydrogens is 238 g/mol. The largest absolute Gasteiger partial charge is 0.480 e. The zero-order valence-electron chi connectivity index (χ0n) is 11.8. The molecule has 2 rings (SSSR count). The van der Waals surface area contributed by atoms with Crippen molar-refractivity contribution in [1.29, 1.82) is 0 Å². The molecule has 0 bridgehead atoms. The average Bonchev–Trinajstić information content (AvgIpc) is 2.42. The minimum Gasteiger partial charge on any atom is -0.480 e. The highest BCUT2D eigenvalue weighted by Crippen LogP contribution is 2.35. The van der Waals surface area contributed by atoms with Crippen LogP contribution < -0.4 is 5.32 Å². The molecule has 3 heteroatoms. The van der Waals surface area contributed by atoms with E-state index in [-0.39, 0.29) is 5.92 Å². The number of hydrogen-bond donors (Lipinski definition) is 2. The van der Waals surface area contributed by atoms with Crippen LogP contribution in [0, 0.1) is 12.8 Å². The molecule has 1 aliphatic rings. The van der Waals surface area contributed by atoms with Gasteiger partial charge in [-0.3, -0.25) is 0 Å². The van der Waals surface area contributed by atoms with Crippen molar-refractivity contribution in [2.45, 2.75) is 51.5 Å². The second-order valence-corrected chi connectivity index (χ2v) is 5.78. The molecule has 1 aliphatic carbocycles. The monoisotopic (exact) mass is 261 g/mol. The molecule has 19 heavy (non-hydrogen) atoms. The third-order valence-electron chi connectivity index (χ3n) is 4.41. The first-order valence-corrected chi connectivity index (χ1v) is 7.11. The lowest BCUT2D eigenvalue weighted by molar-refractivity contribution is -0.144. The van der Waals surface area contributed by atoms with Crippen LogP contribution in [0.1, 0.15) is 44.6 Å². The second kappa shape index (κ2) is 5.64. The average molecular weight is 261 g/mol. The molecule has 1 aromatic carbocycles. The van der Waals surface area contributed by atoms with Crippen molar-refractivity contribution < 1.29 is 9.90 Å². The fourth-order valence-corrected chi connectivity index (χ4v) is 3.00. The first-order chi connectivity index (χ1) is 9.04. The first kappa shape index (κ1) is 13.9. The van der Waals surface area contributed by atoms with E-state index in [0.717, 1.165) is 36.9 Å². The number of benzene rings is 1. The Balaban J connectivity index is 2.24. The number of para-hydroxylation sites is 1. The van der Waals surface area contributed by atoms with Gasteiger partial charge < -0.3 is 10.4 Å². The van der Waals surface area contributed by atoms with Crippen LogP contribution in [0.2, 0.25) is 0 Å². The van der Waals surface area contributed by atoms with Gasteiger partial charge in [-0.05, 0) is 44.2 Å². The van der Waals surface area contributed by atoms with Gasteiger partial charge >= 0.3 is 5.97 Å². The van der Waals surface area contributed by atoms with Crippen molar-refractivity contribution in [1.82, 2.24) is 0 Å². The van der Waals surface area contributed by atoms with Crippen molar-refractivity contribution in [2.75, 3.05) is 5.32 Å². The van der Waals surface area contributed by atoms with Gasteiger partial charge in [0.1, 0.15) is 5.54 Å². The Hall–Kier alpha value is -1.51. The van der Waals surface area contributed by atoms with Gasteiger partial charge in [-0.1, -0.05) is 37.5 Å². The van der Waals surface area contributed by atoms with Gasteiger partial charge in [0.2, 0.25) is 0 Å². The molecule has 1 fully saturated rings. The Labute approximate surface area is 115 Å². The second-order valence-electron chi connectivity index (χ2n) is 5.78. The Bertz CT molecular complexity index is 452. The number of hydrogen-bond acceptors (Lipinski definition) is 2. The van der Waals surface area contributed by atoms with Crippen molar-refractivity contribution in [3.8, 4) is 0 Å². The lowest BCUT2D eigenvalue weighted by Gasteiger charge is -2.38. The van der Waals surface area contributed by atoms with Crippen LogP contribution in [0.15, 0.2) is 24.3 Å². The van der Waals surface area contributed by atoms with Gasteiger partial charge in [0, 0.05) is 5.69 Å². The van der Waals surface area contributed by atoms with Crippen LogP contribution in [0.25, 0.3) is 0 Å². The maximum absolute atomic E-state index is 11.8.